The van der Waals surface area contributed by atoms with Gasteiger partial charge in [0.15, 0.2) is 0 Å². The quantitative estimate of drug-likeness (QED) is 0.806. The molecule has 20 heavy (non-hydrogen) atoms. The van der Waals surface area contributed by atoms with Crippen LogP contribution < -0.4 is 5.73 Å². The SMILES string of the molecule is CC(C)(C)OC(=O)C(CC(=O)O)C(N)c1ccccc1. The van der Waals surface area contributed by atoms with Gasteiger partial charge in [0, 0.05) is 6.04 Å². The van der Waals surface area contributed by atoms with Crippen molar-refractivity contribution in [3.05, 3.63) is 35.9 Å². The van der Waals surface area contributed by atoms with E-state index in [1.54, 1.807) is 45.0 Å². The van der Waals surface area contributed by atoms with Crippen LogP contribution in [0.1, 0.15) is 38.8 Å². The van der Waals surface area contributed by atoms with Gasteiger partial charge < -0.3 is 15.6 Å². The van der Waals surface area contributed by atoms with Crippen LogP contribution in [-0.4, -0.2) is 22.6 Å². The molecule has 0 aliphatic heterocycles. The molecule has 0 aromatic heterocycles. The molecule has 0 saturated carbocycles. The molecular formula is C15H21NO4. The predicted molar refractivity (Wildman–Crippen MR) is 75.0 cm³/mol. The summed E-state index contributed by atoms with van der Waals surface area (Å²) in [4.78, 5) is 23.1. The van der Waals surface area contributed by atoms with Gasteiger partial charge in [-0.3, -0.25) is 9.59 Å². The normalized spacial score (nSPS) is 14.4. The van der Waals surface area contributed by atoms with E-state index in [0.29, 0.717) is 5.56 Å². The van der Waals surface area contributed by atoms with Crippen molar-refractivity contribution in [2.24, 2.45) is 11.7 Å². The van der Waals surface area contributed by atoms with Crippen LogP contribution in [0.2, 0.25) is 0 Å². The van der Waals surface area contributed by atoms with Crippen LogP contribution in [0.15, 0.2) is 30.3 Å². The van der Waals surface area contributed by atoms with Gasteiger partial charge in [-0.25, -0.2) is 0 Å². The molecule has 0 spiro atoms. The Morgan fingerprint density at radius 1 is 1.25 bits per heavy atom. The molecule has 0 aliphatic rings. The van der Waals surface area contributed by atoms with Gasteiger partial charge in [0.2, 0.25) is 0 Å². The number of ether oxygens (including phenoxy) is 1. The third-order valence-electron chi connectivity index (χ3n) is 2.72. The first-order valence-corrected chi connectivity index (χ1v) is 6.46. The van der Waals surface area contributed by atoms with Gasteiger partial charge in [-0.1, -0.05) is 30.3 Å². The molecule has 1 rings (SSSR count). The number of nitrogens with two attached hydrogens (primary N) is 1. The number of carboxylic acids is 1. The van der Waals surface area contributed by atoms with Crippen molar-refractivity contribution in [1.29, 1.82) is 0 Å². The van der Waals surface area contributed by atoms with E-state index in [1.807, 2.05) is 6.07 Å². The fourth-order valence-electron chi connectivity index (χ4n) is 1.83. The summed E-state index contributed by atoms with van der Waals surface area (Å²) in [5, 5.41) is 8.96. The van der Waals surface area contributed by atoms with Gasteiger partial charge in [0.05, 0.1) is 12.3 Å². The number of rotatable bonds is 5. The van der Waals surface area contributed by atoms with Gasteiger partial charge in [0.25, 0.3) is 0 Å². The lowest BCUT2D eigenvalue weighted by molar-refractivity contribution is -0.163. The van der Waals surface area contributed by atoms with Crippen molar-refractivity contribution in [2.75, 3.05) is 0 Å². The molecule has 0 fully saturated rings. The highest BCUT2D eigenvalue weighted by Crippen LogP contribution is 2.25. The minimum absolute atomic E-state index is 0.356. The Morgan fingerprint density at radius 3 is 2.25 bits per heavy atom. The highest BCUT2D eigenvalue weighted by atomic mass is 16.6. The first-order chi connectivity index (χ1) is 9.20. The van der Waals surface area contributed by atoms with Crippen LogP contribution in [0.5, 0.6) is 0 Å². The summed E-state index contributed by atoms with van der Waals surface area (Å²) >= 11 is 0. The van der Waals surface area contributed by atoms with E-state index in [1.165, 1.54) is 0 Å². The summed E-state index contributed by atoms with van der Waals surface area (Å²) in [7, 11) is 0. The molecule has 110 valence electrons. The fourth-order valence-corrected chi connectivity index (χ4v) is 1.83. The molecule has 3 N–H and O–H groups in total. The Balaban J connectivity index is 2.94. The molecule has 5 nitrogen and oxygen atoms in total. The maximum absolute atomic E-state index is 12.1. The molecule has 0 saturated heterocycles. The third-order valence-corrected chi connectivity index (χ3v) is 2.72. The van der Waals surface area contributed by atoms with Crippen molar-refractivity contribution < 1.29 is 19.4 Å². The topological polar surface area (TPSA) is 89.6 Å². The average Bonchev–Trinajstić information content (AvgIpc) is 2.34. The van der Waals surface area contributed by atoms with Crippen molar-refractivity contribution in [3.8, 4) is 0 Å². The Hall–Kier alpha value is -1.88. The van der Waals surface area contributed by atoms with E-state index >= 15 is 0 Å². The lowest BCUT2D eigenvalue weighted by Gasteiger charge is -2.26. The van der Waals surface area contributed by atoms with Gasteiger partial charge >= 0.3 is 11.9 Å². The van der Waals surface area contributed by atoms with Crippen LogP contribution in [0.25, 0.3) is 0 Å². The minimum atomic E-state index is -1.08. The van der Waals surface area contributed by atoms with E-state index < -0.39 is 29.5 Å². The Kier molecular flexibility index (Phi) is 5.27. The van der Waals surface area contributed by atoms with Crippen molar-refractivity contribution >= 4 is 11.9 Å². The Morgan fingerprint density at radius 2 is 1.80 bits per heavy atom. The molecule has 0 bridgehead atoms. The van der Waals surface area contributed by atoms with E-state index in [4.69, 9.17) is 15.6 Å². The van der Waals surface area contributed by atoms with Crippen LogP contribution in [0, 0.1) is 5.92 Å². The minimum Gasteiger partial charge on any atom is -0.481 e. The van der Waals surface area contributed by atoms with Gasteiger partial charge in [0.1, 0.15) is 5.60 Å². The maximum atomic E-state index is 12.1. The number of benzene rings is 1. The van der Waals surface area contributed by atoms with Gasteiger partial charge in [-0.15, -0.1) is 0 Å². The number of carbonyl (C=O) groups is 2. The number of aliphatic carboxylic acids is 1. The summed E-state index contributed by atoms with van der Waals surface area (Å²) in [5.41, 5.74) is 6.08. The number of carbonyl (C=O) groups excluding carboxylic acids is 1. The van der Waals surface area contributed by atoms with Crippen molar-refractivity contribution in [3.63, 3.8) is 0 Å². The molecule has 2 unspecified atom stereocenters. The zero-order valence-electron chi connectivity index (χ0n) is 12.0. The second-order valence-corrected chi connectivity index (χ2v) is 5.67. The second-order valence-electron chi connectivity index (χ2n) is 5.67. The highest BCUT2D eigenvalue weighted by Gasteiger charge is 2.32. The van der Waals surface area contributed by atoms with Crippen LogP contribution >= 0.6 is 0 Å². The Labute approximate surface area is 118 Å². The molecule has 0 aliphatic carbocycles. The lowest BCUT2D eigenvalue weighted by atomic mass is 9.91. The van der Waals surface area contributed by atoms with E-state index in [9.17, 15) is 9.59 Å². The van der Waals surface area contributed by atoms with E-state index in [0.717, 1.165) is 0 Å². The lowest BCUT2D eigenvalue weighted by Crippen LogP contribution is -2.36. The smallest absolute Gasteiger partial charge is 0.311 e. The first-order valence-electron chi connectivity index (χ1n) is 6.46. The summed E-state index contributed by atoms with van der Waals surface area (Å²) in [6.07, 6.45) is -0.356. The monoisotopic (exact) mass is 279 g/mol. The van der Waals surface area contributed by atoms with Gasteiger partial charge in [-0.2, -0.15) is 0 Å². The number of hydrogen-bond acceptors (Lipinski definition) is 4. The zero-order chi connectivity index (χ0) is 15.3. The molecule has 5 heteroatoms. The summed E-state index contributed by atoms with van der Waals surface area (Å²) in [6.45, 7) is 5.20. The molecule has 1 aromatic carbocycles. The molecule has 1 aromatic rings. The third kappa shape index (κ3) is 5.01. The highest BCUT2D eigenvalue weighted by molar-refractivity contribution is 5.80. The van der Waals surface area contributed by atoms with E-state index in [-0.39, 0.29) is 6.42 Å². The molecule has 0 heterocycles. The predicted octanol–water partition coefficient (Wildman–Crippen LogP) is 2.12. The summed E-state index contributed by atoms with van der Waals surface area (Å²) in [5.74, 6) is -2.57. The number of hydrogen-bond donors (Lipinski definition) is 2. The molecule has 0 radical (unpaired) electrons. The van der Waals surface area contributed by atoms with Crippen LogP contribution in [0.4, 0.5) is 0 Å². The molecule has 0 amide bonds. The molecular weight excluding hydrogens is 258 g/mol. The zero-order valence-corrected chi connectivity index (χ0v) is 12.0. The van der Waals surface area contributed by atoms with Crippen molar-refractivity contribution in [1.82, 2.24) is 0 Å². The second kappa shape index (κ2) is 6.52. The fraction of sp³-hybridized carbons (Fsp3) is 0.467. The summed E-state index contributed by atoms with van der Waals surface area (Å²) in [6, 6.07) is 8.25. The van der Waals surface area contributed by atoms with Gasteiger partial charge in [-0.05, 0) is 26.3 Å². The Bertz CT molecular complexity index is 465. The summed E-state index contributed by atoms with van der Waals surface area (Å²) < 4.78 is 5.26. The molecule has 2 atom stereocenters. The van der Waals surface area contributed by atoms with Crippen LogP contribution in [0.3, 0.4) is 0 Å². The van der Waals surface area contributed by atoms with Crippen molar-refractivity contribution in [2.45, 2.75) is 38.8 Å². The van der Waals surface area contributed by atoms with Crippen LogP contribution in [-0.2, 0) is 14.3 Å². The number of esters is 1. The standard InChI is InChI=1S/C15H21NO4/c1-15(2,3)20-14(19)11(9-12(17)18)13(16)10-7-5-4-6-8-10/h4-8,11,13H,9,16H2,1-3H3,(H,17,18). The van der Waals surface area contributed by atoms with E-state index in [2.05, 4.69) is 0 Å². The number of carboxylic acid groups (broad SMARTS) is 1. The first kappa shape index (κ1) is 16.2. The average molecular weight is 279 g/mol. The maximum Gasteiger partial charge on any atom is 0.311 e. The largest absolute Gasteiger partial charge is 0.481 e.